The number of rotatable bonds is 3. The predicted octanol–water partition coefficient (Wildman–Crippen LogP) is 0.262. The largest absolute Gasteiger partial charge is 0.363 e. The first-order chi connectivity index (χ1) is 10.9. The number of ether oxygens (including phenoxy) is 1. The van der Waals surface area contributed by atoms with E-state index in [0.29, 0.717) is 31.2 Å². The summed E-state index contributed by atoms with van der Waals surface area (Å²) in [5, 5.41) is 3.84. The summed E-state index contributed by atoms with van der Waals surface area (Å²) >= 11 is 0. The minimum Gasteiger partial charge on any atom is -0.363 e. The third-order valence-electron chi connectivity index (χ3n) is 4.31. The van der Waals surface area contributed by atoms with E-state index in [9.17, 15) is 8.42 Å². The van der Waals surface area contributed by atoms with E-state index in [1.54, 1.807) is 18.5 Å². The Morgan fingerprint density at radius 3 is 2.78 bits per heavy atom. The Balaban J connectivity index is 1.48. The van der Waals surface area contributed by atoms with Crippen LogP contribution >= 0.6 is 0 Å². The molecule has 4 heterocycles. The molecule has 0 aromatic carbocycles. The summed E-state index contributed by atoms with van der Waals surface area (Å²) in [5.41, 5.74) is 0. The van der Waals surface area contributed by atoms with Crippen LogP contribution in [0, 0.1) is 12.8 Å². The second-order valence-corrected chi connectivity index (χ2v) is 7.92. The van der Waals surface area contributed by atoms with Crippen molar-refractivity contribution in [3.05, 3.63) is 24.2 Å². The summed E-state index contributed by atoms with van der Waals surface area (Å²) in [6.07, 6.45) is 3.28. The normalized spacial score (nSPS) is 28.3. The Kier molecular flexibility index (Phi) is 3.29. The Hall–Kier alpha value is -1.78. The zero-order valence-electron chi connectivity index (χ0n) is 12.8. The number of hydrogen-bond acceptors (Lipinski definition) is 7. The predicted molar refractivity (Wildman–Crippen MR) is 76.7 cm³/mol. The summed E-state index contributed by atoms with van der Waals surface area (Å²) in [7, 11) is -1.83. The van der Waals surface area contributed by atoms with Gasteiger partial charge in [0, 0.05) is 32.3 Å². The molecule has 0 aliphatic carbocycles. The van der Waals surface area contributed by atoms with E-state index in [4.69, 9.17) is 9.26 Å². The fraction of sp³-hybridized carbons (Fsp3) is 0.615. The molecule has 0 unspecified atom stereocenters. The second kappa shape index (κ2) is 5.11. The van der Waals surface area contributed by atoms with Crippen molar-refractivity contribution in [2.24, 2.45) is 13.0 Å². The van der Waals surface area contributed by atoms with E-state index < -0.39 is 10.0 Å². The summed E-state index contributed by atoms with van der Waals surface area (Å²) in [4.78, 5) is 8.14. The van der Waals surface area contributed by atoms with Gasteiger partial charge in [0.25, 0.3) is 15.9 Å². The number of aromatic nitrogens is 4. The quantitative estimate of drug-likeness (QED) is 0.790. The van der Waals surface area contributed by atoms with Gasteiger partial charge in [-0.2, -0.15) is 9.29 Å². The lowest BCUT2D eigenvalue weighted by molar-refractivity contribution is 0.0251. The monoisotopic (exact) mass is 339 g/mol. The van der Waals surface area contributed by atoms with Gasteiger partial charge in [0.05, 0.1) is 12.4 Å². The first-order valence-electron chi connectivity index (χ1n) is 7.37. The zero-order chi connectivity index (χ0) is 16.2. The van der Waals surface area contributed by atoms with Crippen LogP contribution in [0.2, 0.25) is 0 Å². The number of aryl methyl sites for hydroxylation is 2. The molecule has 2 fully saturated rings. The number of imidazole rings is 1. The van der Waals surface area contributed by atoms with Gasteiger partial charge in [0.15, 0.2) is 10.9 Å². The molecule has 2 saturated heterocycles. The van der Waals surface area contributed by atoms with Crippen molar-refractivity contribution in [2.75, 3.05) is 13.1 Å². The van der Waals surface area contributed by atoms with Crippen molar-refractivity contribution in [2.45, 2.75) is 30.6 Å². The van der Waals surface area contributed by atoms with Crippen molar-refractivity contribution >= 4 is 10.0 Å². The van der Waals surface area contributed by atoms with Crippen molar-refractivity contribution < 1.29 is 17.7 Å². The standard InChI is InChI=1S/C13H17N5O4S/c1-8-15-13(22-16-8)10-3-9-4-18(5-11(9)21-10)23(19,20)12-6-17(2)7-14-12/h6-7,9-11H,3-5H2,1-2H3/t9-,10-,11+/m0/s1. The highest BCUT2D eigenvalue weighted by atomic mass is 32.2. The summed E-state index contributed by atoms with van der Waals surface area (Å²) in [6, 6.07) is 0. The van der Waals surface area contributed by atoms with Crippen molar-refractivity contribution in [1.82, 2.24) is 24.0 Å². The Morgan fingerprint density at radius 2 is 2.17 bits per heavy atom. The summed E-state index contributed by atoms with van der Waals surface area (Å²) in [5.74, 6) is 1.17. The summed E-state index contributed by atoms with van der Waals surface area (Å²) in [6.45, 7) is 2.50. The van der Waals surface area contributed by atoms with Gasteiger partial charge in [0.2, 0.25) is 0 Å². The molecule has 0 bridgehead atoms. The van der Waals surface area contributed by atoms with Crippen molar-refractivity contribution in [1.29, 1.82) is 0 Å². The van der Waals surface area contributed by atoms with E-state index in [0.717, 1.165) is 0 Å². The van der Waals surface area contributed by atoms with Crippen LogP contribution in [0.15, 0.2) is 22.1 Å². The van der Waals surface area contributed by atoms with Crippen LogP contribution in [-0.2, 0) is 21.8 Å². The van der Waals surface area contributed by atoms with Crippen LogP contribution in [-0.4, -0.2) is 51.6 Å². The molecular weight excluding hydrogens is 322 g/mol. The molecule has 0 radical (unpaired) electrons. The van der Waals surface area contributed by atoms with Gasteiger partial charge in [-0.3, -0.25) is 0 Å². The molecule has 3 atom stereocenters. The van der Waals surface area contributed by atoms with Gasteiger partial charge < -0.3 is 13.8 Å². The first kappa shape index (κ1) is 14.8. The van der Waals surface area contributed by atoms with E-state index in [-0.39, 0.29) is 23.2 Å². The third-order valence-corrected chi connectivity index (χ3v) is 6.02. The molecule has 0 amide bonds. The number of nitrogens with zero attached hydrogens (tertiary/aromatic N) is 5. The Morgan fingerprint density at radius 1 is 1.35 bits per heavy atom. The van der Waals surface area contributed by atoms with Crippen LogP contribution in [0.3, 0.4) is 0 Å². The second-order valence-electron chi connectivity index (χ2n) is 6.04. The maximum Gasteiger partial charge on any atom is 0.262 e. The molecule has 10 heteroatoms. The molecule has 4 rings (SSSR count). The molecule has 9 nitrogen and oxygen atoms in total. The number of fused-ring (bicyclic) bond motifs is 1. The molecule has 0 saturated carbocycles. The molecule has 23 heavy (non-hydrogen) atoms. The molecule has 0 spiro atoms. The summed E-state index contributed by atoms with van der Waals surface area (Å²) < 4.78 is 39.3. The van der Waals surface area contributed by atoms with Gasteiger partial charge >= 0.3 is 0 Å². The van der Waals surface area contributed by atoms with E-state index in [1.807, 2.05) is 0 Å². The highest BCUT2D eigenvalue weighted by molar-refractivity contribution is 7.89. The van der Waals surface area contributed by atoms with Crippen LogP contribution in [0.1, 0.15) is 24.2 Å². The van der Waals surface area contributed by atoms with Crippen LogP contribution < -0.4 is 0 Å². The average molecular weight is 339 g/mol. The zero-order valence-corrected chi connectivity index (χ0v) is 13.6. The lowest BCUT2D eigenvalue weighted by Crippen LogP contribution is -2.31. The third kappa shape index (κ3) is 2.46. The lowest BCUT2D eigenvalue weighted by Gasteiger charge is -2.16. The fourth-order valence-electron chi connectivity index (χ4n) is 3.18. The van der Waals surface area contributed by atoms with E-state index in [1.165, 1.54) is 16.8 Å². The maximum absolute atomic E-state index is 12.6. The van der Waals surface area contributed by atoms with E-state index >= 15 is 0 Å². The minimum absolute atomic E-state index is 0.0732. The fourth-order valence-corrected chi connectivity index (χ4v) is 4.65. The Labute approximate surface area is 133 Å². The molecule has 2 aliphatic heterocycles. The first-order valence-corrected chi connectivity index (χ1v) is 8.81. The number of sulfonamides is 1. The molecule has 2 aromatic heterocycles. The minimum atomic E-state index is -3.57. The van der Waals surface area contributed by atoms with Crippen molar-refractivity contribution in [3.8, 4) is 0 Å². The highest BCUT2D eigenvalue weighted by Crippen LogP contribution is 2.41. The van der Waals surface area contributed by atoms with Gasteiger partial charge in [-0.15, -0.1) is 0 Å². The molecular formula is C13H17N5O4S. The maximum atomic E-state index is 12.6. The van der Waals surface area contributed by atoms with Crippen LogP contribution in [0.5, 0.6) is 0 Å². The average Bonchev–Trinajstić information content (AvgIpc) is 3.19. The molecule has 0 N–H and O–H groups in total. The lowest BCUT2D eigenvalue weighted by atomic mass is 10.0. The van der Waals surface area contributed by atoms with E-state index in [2.05, 4.69) is 15.1 Å². The van der Waals surface area contributed by atoms with Gasteiger partial charge in [-0.1, -0.05) is 5.16 Å². The van der Waals surface area contributed by atoms with Gasteiger partial charge in [0.1, 0.15) is 6.10 Å². The van der Waals surface area contributed by atoms with Crippen LogP contribution in [0.4, 0.5) is 0 Å². The smallest absolute Gasteiger partial charge is 0.262 e. The topological polar surface area (TPSA) is 103 Å². The van der Waals surface area contributed by atoms with Gasteiger partial charge in [-0.05, 0) is 13.3 Å². The number of hydrogen-bond donors (Lipinski definition) is 0. The Bertz CT molecular complexity index is 815. The molecule has 2 aromatic rings. The van der Waals surface area contributed by atoms with Crippen LogP contribution in [0.25, 0.3) is 0 Å². The highest BCUT2D eigenvalue weighted by Gasteiger charge is 2.47. The molecule has 124 valence electrons. The van der Waals surface area contributed by atoms with Gasteiger partial charge in [-0.25, -0.2) is 13.4 Å². The SMILES string of the molecule is Cc1noc([C@@H]2C[C@H]3CN(S(=O)(=O)c4cn(C)cn4)C[C@H]3O2)n1. The van der Waals surface area contributed by atoms with Crippen molar-refractivity contribution in [3.63, 3.8) is 0 Å². The molecule has 2 aliphatic rings.